The van der Waals surface area contributed by atoms with Gasteiger partial charge in [0.2, 0.25) is 10.0 Å². The first kappa shape index (κ1) is 20.2. The molecule has 0 saturated carbocycles. The SMILES string of the molecule is CNC(=O)c1ccc(S(=O)(=O)NC2CCCc3cc(N)ccc32)cc1.Cl. The van der Waals surface area contributed by atoms with Crippen molar-refractivity contribution >= 4 is 34.0 Å². The number of fused-ring (bicyclic) bond motifs is 1. The van der Waals surface area contributed by atoms with E-state index in [0.717, 1.165) is 30.4 Å². The molecule has 0 heterocycles. The van der Waals surface area contributed by atoms with Gasteiger partial charge in [-0.2, -0.15) is 0 Å². The molecule has 1 aliphatic carbocycles. The van der Waals surface area contributed by atoms with Crippen LogP contribution in [0.25, 0.3) is 0 Å². The van der Waals surface area contributed by atoms with Gasteiger partial charge in [0.1, 0.15) is 0 Å². The highest BCUT2D eigenvalue weighted by Gasteiger charge is 2.26. The molecule has 140 valence electrons. The second-order valence-electron chi connectivity index (χ2n) is 6.13. The summed E-state index contributed by atoms with van der Waals surface area (Å²) in [4.78, 5) is 11.7. The Hall–Kier alpha value is -2.09. The number of nitrogens with two attached hydrogens (primary N) is 1. The summed E-state index contributed by atoms with van der Waals surface area (Å²) >= 11 is 0. The Kier molecular flexibility index (Phi) is 6.28. The first-order valence-corrected chi connectivity index (χ1v) is 9.62. The number of nitrogens with one attached hydrogen (secondary N) is 2. The minimum Gasteiger partial charge on any atom is -0.399 e. The maximum atomic E-state index is 12.7. The maximum absolute atomic E-state index is 12.7. The van der Waals surface area contributed by atoms with Gasteiger partial charge >= 0.3 is 0 Å². The van der Waals surface area contributed by atoms with Crippen molar-refractivity contribution < 1.29 is 13.2 Å². The van der Waals surface area contributed by atoms with Crippen LogP contribution >= 0.6 is 12.4 Å². The van der Waals surface area contributed by atoms with Crippen LogP contribution in [0.2, 0.25) is 0 Å². The third kappa shape index (κ3) is 4.17. The van der Waals surface area contributed by atoms with E-state index in [1.54, 1.807) is 6.07 Å². The Balaban J connectivity index is 0.00000243. The highest BCUT2D eigenvalue weighted by Crippen LogP contribution is 2.32. The van der Waals surface area contributed by atoms with E-state index in [1.807, 2.05) is 12.1 Å². The van der Waals surface area contributed by atoms with Crippen molar-refractivity contribution in [2.75, 3.05) is 12.8 Å². The van der Waals surface area contributed by atoms with Crippen LogP contribution in [0, 0.1) is 0 Å². The fraction of sp³-hybridized carbons (Fsp3) is 0.278. The Morgan fingerprint density at radius 1 is 1.15 bits per heavy atom. The molecule has 26 heavy (non-hydrogen) atoms. The molecule has 1 amide bonds. The molecule has 1 unspecified atom stereocenters. The zero-order valence-corrected chi connectivity index (χ0v) is 16.0. The topological polar surface area (TPSA) is 101 Å². The van der Waals surface area contributed by atoms with Crippen LogP contribution < -0.4 is 15.8 Å². The second kappa shape index (κ2) is 8.07. The highest BCUT2D eigenvalue weighted by atomic mass is 35.5. The average molecular weight is 396 g/mol. The molecule has 2 aromatic rings. The van der Waals surface area contributed by atoms with Crippen molar-refractivity contribution in [3.8, 4) is 0 Å². The van der Waals surface area contributed by atoms with Crippen LogP contribution in [0.1, 0.15) is 40.4 Å². The zero-order valence-electron chi connectivity index (χ0n) is 14.4. The molecule has 0 spiro atoms. The maximum Gasteiger partial charge on any atom is 0.251 e. The summed E-state index contributed by atoms with van der Waals surface area (Å²) in [6, 6.07) is 11.2. The number of rotatable bonds is 4. The number of sulfonamides is 1. The van der Waals surface area contributed by atoms with Crippen molar-refractivity contribution in [3.05, 3.63) is 59.2 Å². The number of carbonyl (C=O) groups is 1. The van der Waals surface area contributed by atoms with Gasteiger partial charge in [-0.25, -0.2) is 13.1 Å². The van der Waals surface area contributed by atoms with Crippen molar-refractivity contribution in [1.29, 1.82) is 0 Å². The number of halogens is 1. The van der Waals surface area contributed by atoms with Crippen LogP contribution in [-0.2, 0) is 16.4 Å². The monoisotopic (exact) mass is 395 g/mol. The highest BCUT2D eigenvalue weighted by molar-refractivity contribution is 7.89. The average Bonchev–Trinajstić information content (AvgIpc) is 2.61. The standard InChI is InChI=1S/C18H21N3O3S.ClH/c1-20-18(22)12-5-8-15(9-6-12)25(23,24)21-17-4-2-3-13-11-14(19)7-10-16(13)17;/h5-11,17,21H,2-4,19H2,1H3,(H,20,22);1H. The van der Waals surface area contributed by atoms with Crippen LogP contribution in [0.5, 0.6) is 0 Å². The molecule has 8 heteroatoms. The molecular formula is C18H22ClN3O3S. The molecule has 6 nitrogen and oxygen atoms in total. The summed E-state index contributed by atoms with van der Waals surface area (Å²) in [6.07, 6.45) is 2.55. The summed E-state index contributed by atoms with van der Waals surface area (Å²) in [5.41, 5.74) is 9.00. The number of anilines is 1. The predicted octanol–water partition coefficient (Wildman–Crippen LogP) is 2.41. The smallest absolute Gasteiger partial charge is 0.251 e. The largest absolute Gasteiger partial charge is 0.399 e. The molecule has 0 aromatic heterocycles. The fourth-order valence-electron chi connectivity index (χ4n) is 3.14. The van der Waals surface area contributed by atoms with Crippen LogP contribution in [0.15, 0.2) is 47.4 Å². The van der Waals surface area contributed by atoms with E-state index in [4.69, 9.17) is 5.73 Å². The molecule has 0 aliphatic heterocycles. The van der Waals surface area contributed by atoms with Gasteiger partial charge in [-0.3, -0.25) is 4.79 Å². The quantitative estimate of drug-likeness (QED) is 0.692. The lowest BCUT2D eigenvalue weighted by atomic mass is 9.88. The first-order valence-electron chi connectivity index (χ1n) is 8.13. The summed E-state index contributed by atoms with van der Waals surface area (Å²) in [6.45, 7) is 0. The summed E-state index contributed by atoms with van der Waals surface area (Å²) < 4.78 is 28.2. The molecule has 0 radical (unpaired) electrons. The van der Waals surface area contributed by atoms with Gasteiger partial charge in [0.05, 0.1) is 4.90 Å². The molecular weight excluding hydrogens is 374 g/mol. The first-order chi connectivity index (χ1) is 11.9. The number of benzene rings is 2. The molecule has 3 rings (SSSR count). The summed E-state index contributed by atoms with van der Waals surface area (Å²) in [7, 11) is -2.15. The van der Waals surface area contributed by atoms with Gasteiger partial charge in [0.25, 0.3) is 5.91 Å². The van der Waals surface area contributed by atoms with Crippen LogP contribution in [-0.4, -0.2) is 21.4 Å². The second-order valence-corrected chi connectivity index (χ2v) is 7.84. The van der Waals surface area contributed by atoms with E-state index in [-0.39, 0.29) is 29.3 Å². The molecule has 1 aliphatic rings. The van der Waals surface area contributed by atoms with Crippen molar-refractivity contribution in [2.45, 2.75) is 30.2 Å². The van der Waals surface area contributed by atoms with E-state index >= 15 is 0 Å². The minimum absolute atomic E-state index is 0. The molecule has 1 atom stereocenters. The fourth-order valence-corrected chi connectivity index (χ4v) is 4.39. The third-order valence-corrected chi connectivity index (χ3v) is 5.92. The zero-order chi connectivity index (χ0) is 18.0. The van der Waals surface area contributed by atoms with Gasteiger partial charge < -0.3 is 11.1 Å². The van der Waals surface area contributed by atoms with Crippen molar-refractivity contribution in [2.24, 2.45) is 0 Å². The van der Waals surface area contributed by atoms with E-state index in [2.05, 4.69) is 10.0 Å². The van der Waals surface area contributed by atoms with Gasteiger partial charge in [-0.05, 0) is 66.8 Å². The van der Waals surface area contributed by atoms with E-state index in [9.17, 15) is 13.2 Å². The number of amides is 1. The normalized spacial score (nSPS) is 16.3. The van der Waals surface area contributed by atoms with Crippen LogP contribution in [0.3, 0.4) is 0 Å². The minimum atomic E-state index is -3.67. The van der Waals surface area contributed by atoms with Crippen molar-refractivity contribution in [3.63, 3.8) is 0 Å². The lowest BCUT2D eigenvalue weighted by Crippen LogP contribution is -2.31. The Bertz CT molecular complexity index is 898. The molecule has 0 fully saturated rings. The molecule has 2 aromatic carbocycles. The number of carbonyl (C=O) groups excluding carboxylic acids is 1. The van der Waals surface area contributed by atoms with Gasteiger partial charge in [-0.1, -0.05) is 6.07 Å². The summed E-state index contributed by atoms with van der Waals surface area (Å²) in [5.74, 6) is -0.254. The molecule has 4 N–H and O–H groups in total. The number of nitrogen functional groups attached to an aromatic ring is 1. The van der Waals surface area contributed by atoms with E-state index < -0.39 is 10.0 Å². The van der Waals surface area contributed by atoms with Gasteiger partial charge in [0.15, 0.2) is 0 Å². The van der Waals surface area contributed by atoms with Gasteiger partial charge in [0, 0.05) is 24.3 Å². The van der Waals surface area contributed by atoms with E-state index in [1.165, 1.54) is 31.3 Å². The lowest BCUT2D eigenvalue weighted by Gasteiger charge is -2.26. The number of hydrogen-bond donors (Lipinski definition) is 3. The Morgan fingerprint density at radius 2 is 1.85 bits per heavy atom. The number of hydrogen-bond acceptors (Lipinski definition) is 4. The van der Waals surface area contributed by atoms with Crippen LogP contribution in [0.4, 0.5) is 5.69 Å². The Morgan fingerprint density at radius 3 is 2.50 bits per heavy atom. The molecule has 0 saturated heterocycles. The van der Waals surface area contributed by atoms with E-state index in [0.29, 0.717) is 11.3 Å². The summed E-state index contributed by atoms with van der Waals surface area (Å²) in [5, 5.41) is 2.51. The Labute approximate surface area is 159 Å². The van der Waals surface area contributed by atoms with Gasteiger partial charge in [-0.15, -0.1) is 12.4 Å². The van der Waals surface area contributed by atoms with Crippen molar-refractivity contribution in [1.82, 2.24) is 10.0 Å². The lowest BCUT2D eigenvalue weighted by molar-refractivity contribution is 0.0963. The number of aryl methyl sites for hydroxylation is 1. The third-order valence-electron chi connectivity index (χ3n) is 4.43. The predicted molar refractivity (Wildman–Crippen MR) is 104 cm³/mol. The molecule has 0 bridgehead atoms.